The van der Waals surface area contributed by atoms with Crippen molar-refractivity contribution in [3.8, 4) is 5.75 Å². The number of carbonyl (C=O) groups excluding carboxylic acids is 1. The number of carbonyl (C=O) groups is 1. The molecule has 4 rings (SSSR count). The SMILES string of the molecule is CCc1ccc(NC(=O)Cn2c(=O)c(CCc3ccc(C)cc3)cc3ccc(OC)cc32)cc1. The Bertz CT molecular complexity index is 1350. The van der Waals surface area contributed by atoms with Crippen molar-refractivity contribution in [2.45, 2.75) is 39.7 Å². The fourth-order valence-electron chi connectivity index (χ4n) is 4.08. The Morgan fingerprint density at radius 1 is 0.912 bits per heavy atom. The highest BCUT2D eigenvalue weighted by molar-refractivity contribution is 5.92. The largest absolute Gasteiger partial charge is 0.497 e. The number of aryl methyl sites for hydroxylation is 4. The van der Waals surface area contributed by atoms with E-state index in [1.807, 2.05) is 48.5 Å². The van der Waals surface area contributed by atoms with Gasteiger partial charge in [-0.25, -0.2) is 0 Å². The zero-order valence-corrected chi connectivity index (χ0v) is 19.9. The summed E-state index contributed by atoms with van der Waals surface area (Å²) >= 11 is 0. The average molecular weight is 455 g/mol. The van der Waals surface area contributed by atoms with E-state index in [1.54, 1.807) is 11.7 Å². The number of anilines is 1. The Kier molecular flexibility index (Phi) is 7.12. The van der Waals surface area contributed by atoms with E-state index in [-0.39, 0.29) is 18.0 Å². The number of fused-ring (bicyclic) bond motifs is 1. The number of nitrogens with zero attached hydrogens (tertiary/aromatic N) is 1. The summed E-state index contributed by atoms with van der Waals surface area (Å²) in [5.74, 6) is 0.398. The van der Waals surface area contributed by atoms with Crippen molar-refractivity contribution in [2.75, 3.05) is 12.4 Å². The average Bonchev–Trinajstić information content (AvgIpc) is 2.86. The van der Waals surface area contributed by atoms with E-state index in [0.29, 0.717) is 28.9 Å². The summed E-state index contributed by atoms with van der Waals surface area (Å²) in [6, 6.07) is 23.7. The third-order valence-corrected chi connectivity index (χ3v) is 6.13. The van der Waals surface area contributed by atoms with Crippen LogP contribution in [0, 0.1) is 6.92 Å². The lowest BCUT2D eigenvalue weighted by Gasteiger charge is -2.14. The van der Waals surface area contributed by atoms with Crippen LogP contribution in [0.5, 0.6) is 5.75 Å². The van der Waals surface area contributed by atoms with E-state index in [9.17, 15) is 9.59 Å². The van der Waals surface area contributed by atoms with Gasteiger partial charge in [-0.05, 0) is 73.0 Å². The quantitative estimate of drug-likeness (QED) is 0.393. The number of hydrogen-bond donors (Lipinski definition) is 1. The van der Waals surface area contributed by atoms with Crippen LogP contribution >= 0.6 is 0 Å². The van der Waals surface area contributed by atoms with Crippen LogP contribution in [0.25, 0.3) is 10.9 Å². The molecule has 0 unspecified atom stereocenters. The van der Waals surface area contributed by atoms with Gasteiger partial charge in [0.25, 0.3) is 5.56 Å². The molecular weight excluding hydrogens is 424 g/mol. The molecule has 4 aromatic rings. The Balaban J connectivity index is 1.64. The number of pyridine rings is 1. The zero-order chi connectivity index (χ0) is 24.1. The van der Waals surface area contributed by atoms with Gasteiger partial charge in [-0.1, -0.05) is 48.9 Å². The molecule has 174 valence electrons. The van der Waals surface area contributed by atoms with Crippen molar-refractivity contribution >= 4 is 22.5 Å². The van der Waals surface area contributed by atoms with Gasteiger partial charge in [0.05, 0.1) is 12.6 Å². The van der Waals surface area contributed by atoms with E-state index in [0.717, 1.165) is 18.2 Å². The Hall–Kier alpha value is -3.86. The molecule has 1 heterocycles. The molecule has 5 nitrogen and oxygen atoms in total. The maximum Gasteiger partial charge on any atom is 0.254 e. The number of amides is 1. The van der Waals surface area contributed by atoms with Crippen molar-refractivity contribution < 1.29 is 9.53 Å². The third kappa shape index (κ3) is 5.37. The number of rotatable bonds is 8. The second kappa shape index (κ2) is 10.4. The molecule has 1 N–H and O–H groups in total. The van der Waals surface area contributed by atoms with Gasteiger partial charge in [0, 0.05) is 17.3 Å². The molecule has 5 heteroatoms. The van der Waals surface area contributed by atoms with Crippen LogP contribution in [-0.4, -0.2) is 17.6 Å². The number of benzene rings is 3. The maximum atomic E-state index is 13.5. The summed E-state index contributed by atoms with van der Waals surface area (Å²) in [4.78, 5) is 26.4. The molecule has 0 aliphatic heterocycles. The monoisotopic (exact) mass is 454 g/mol. The van der Waals surface area contributed by atoms with Crippen LogP contribution in [0.3, 0.4) is 0 Å². The lowest BCUT2D eigenvalue weighted by molar-refractivity contribution is -0.116. The van der Waals surface area contributed by atoms with Crippen LogP contribution < -0.4 is 15.6 Å². The zero-order valence-electron chi connectivity index (χ0n) is 19.9. The smallest absolute Gasteiger partial charge is 0.254 e. The first-order valence-electron chi connectivity index (χ1n) is 11.6. The van der Waals surface area contributed by atoms with Gasteiger partial charge in [0.1, 0.15) is 12.3 Å². The maximum absolute atomic E-state index is 13.5. The molecule has 34 heavy (non-hydrogen) atoms. The molecular formula is C29H30N2O3. The predicted octanol–water partition coefficient (Wildman–Crippen LogP) is 5.30. The summed E-state index contributed by atoms with van der Waals surface area (Å²) < 4.78 is 6.92. The molecule has 0 aliphatic rings. The summed E-state index contributed by atoms with van der Waals surface area (Å²) in [5, 5.41) is 3.82. The fourth-order valence-corrected chi connectivity index (χ4v) is 4.08. The summed E-state index contributed by atoms with van der Waals surface area (Å²) in [7, 11) is 1.59. The standard InChI is InChI=1S/C29H30N2O3/c1-4-21-10-14-25(15-11-21)30-28(32)19-31-27-18-26(34-3)16-13-23(27)17-24(29(31)33)12-9-22-7-5-20(2)6-8-22/h5-8,10-11,13-18H,4,9,12,19H2,1-3H3,(H,30,32). The first-order valence-corrected chi connectivity index (χ1v) is 11.6. The van der Waals surface area contributed by atoms with E-state index in [4.69, 9.17) is 4.74 Å². The van der Waals surface area contributed by atoms with Gasteiger partial charge in [-0.3, -0.25) is 14.2 Å². The highest BCUT2D eigenvalue weighted by Crippen LogP contribution is 2.21. The molecule has 1 aromatic heterocycles. The highest BCUT2D eigenvalue weighted by Gasteiger charge is 2.14. The lowest BCUT2D eigenvalue weighted by Crippen LogP contribution is -2.30. The van der Waals surface area contributed by atoms with Crippen molar-refractivity contribution in [3.05, 3.63) is 105 Å². The van der Waals surface area contributed by atoms with Gasteiger partial charge in [0.2, 0.25) is 5.91 Å². The van der Waals surface area contributed by atoms with E-state index < -0.39 is 0 Å². The van der Waals surface area contributed by atoms with Gasteiger partial charge in [-0.2, -0.15) is 0 Å². The Morgan fingerprint density at radius 2 is 1.62 bits per heavy atom. The van der Waals surface area contributed by atoms with Gasteiger partial charge in [0.15, 0.2) is 0 Å². The lowest BCUT2D eigenvalue weighted by atomic mass is 10.0. The normalized spacial score (nSPS) is 10.9. The molecule has 0 spiro atoms. The van der Waals surface area contributed by atoms with Crippen LogP contribution in [0.15, 0.2) is 77.6 Å². The summed E-state index contributed by atoms with van der Waals surface area (Å²) in [6.07, 6.45) is 2.30. The minimum atomic E-state index is -0.244. The molecule has 0 saturated carbocycles. The number of nitrogens with one attached hydrogen (secondary N) is 1. The topological polar surface area (TPSA) is 60.3 Å². The molecule has 0 aliphatic carbocycles. The minimum absolute atomic E-state index is 0.0730. The number of ether oxygens (including phenoxy) is 1. The Labute approximate surface area is 200 Å². The minimum Gasteiger partial charge on any atom is -0.497 e. The van der Waals surface area contributed by atoms with Gasteiger partial charge in [-0.15, -0.1) is 0 Å². The van der Waals surface area contributed by atoms with Crippen molar-refractivity contribution in [1.82, 2.24) is 4.57 Å². The van der Waals surface area contributed by atoms with Gasteiger partial charge >= 0.3 is 0 Å². The van der Waals surface area contributed by atoms with Crippen molar-refractivity contribution in [1.29, 1.82) is 0 Å². The number of aromatic nitrogens is 1. The molecule has 0 bridgehead atoms. The molecule has 0 fully saturated rings. The molecule has 0 atom stereocenters. The predicted molar refractivity (Wildman–Crippen MR) is 138 cm³/mol. The van der Waals surface area contributed by atoms with Crippen LogP contribution in [0.4, 0.5) is 5.69 Å². The van der Waals surface area contributed by atoms with Crippen molar-refractivity contribution in [3.63, 3.8) is 0 Å². The summed E-state index contributed by atoms with van der Waals surface area (Å²) in [5.41, 5.74) is 5.53. The fraction of sp³-hybridized carbons (Fsp3) is 0.241. The number of hydrogen-bond acceptors (Lipinski definition) is 3. The highest BCUT2D eigenvalue weighted by atomic mass is 16.5. The molecule has 3 aromatic carbocycles. The van der Waals surface area contributed by atoms with Crippen LogP contribution in [0.2, 0.25) is 0 Å². The first kappa shape index (κ1) is 23.3. The van der Waals surface area contributed by atoms with Crippen LogP contribution in [-0.2, 0) is 30.6 Å². The molecule has 1 amide bonds. The van der Waals surface area contributed by atoms with E-state index in [2.05, 4.69) is 43.4 Å². The van der Waals surface area contributed by atoms with E-state index in [1.165, 1.54) is 16.7 Å². The summed E-state index contributed by atoms with van der Waals surface area (Å²) in [6.45, 7) is 4.07. The van der Waals surface area contributed by atoms with Gasteiger partial charge < -0.3 is 10.1 Å². The molecule has 0 saturated heterocycles. The third-order valence-electron chi connectivity index (χ3n) is 6.13. The molecule has 0 radical (unpaired) electrons. The second-order valence-electron chi connectivity index (χ2n) is 8.57. The van der Waals surface area contributed by atoms with Crippen LogP contribution in [0.1, 0.15) is 29.2 Å². The Morgan fingerprint density at radius 3 is 2.29 bits per heavy atom. The number of methoxy groups -OCH3 is 1. The van der Waals surface area contributed by atoms with E-state index >= 15 is 0 Å². The van der Waals surface area contributed by atoms with Crippen molar-refractivity contribution in [2.24, 2.45) is 0 Å². The first-order chi connectivity index (χ1) is 16.5. The second-order valence-corrected chi connectivity index (χ2v) is 8.57.